The average Bonchev–Trinajstić information content (AvgIpc) is 2.76. The monoisotopic (exact) mass is 391 g/mol. The van der Waals surface area contributed by atoms with Crippen molar-refractivity contribution in [2.45, 2.75) is 32.9 Å². The maximum atomic E-state index is 5.89. The average molecular weight is 392 g/mol. The van der Waals surface area contributed by atoms with E-state index in [2.05, 4.69) is 31.3 Å². The second kappa shape index (κ2) is 11.0. The summed E-state index contributed by atoms with van der Waals surface area (Å²) >= 11 is 0. The van der Waals surface area contributed by atoms with E-state index in [-0.39, 0.29) is 6.10 Å². The second-order valence-electron chi connectivity index (χ2n) is 6.88. The number of nitrogens with one attached hydrogen (secondary N) is 1. The number of benzene rings is 3. The lowest BCUT2D eigenvalue weighted by Crippen LogP contribution is -2.10. The van der Waals surface area contributed by atoms with Crippen LogP contribution in [0.1, 0.15) is 25.8 Å². The molecule has 4 nitrogen and oxygen atoms in total. The van der Waals surface area contributed by atoms with E-state index in [0.717, 1.165) is 34.9 Å². The molecule has 0 saturated carbocycles. The lowest BCUT2D eigenvalue weighted by Gasteiger charge is -2.14. The number of ether oxygens (including phenoxy) is 3. The van der Waals surface area contributed by atoms with Gasteiger partial charge in [-0.2, -0.15) is 0 Å². The van der Waals surface area contributed by atoms with Crippen LogP contribution in [0.3, 0.4) is 0 Å². The van der Waals surface area contributed by atoms with Crippen LogP contribution in [0.4, 0.5) is 5.69 Å². The van der Waals surface area contributed by atoms with Crippen LogP contribution in [-0.4, -0.2) is 19.3 Å². The molecule has 1 N–H and O–H groups in total. The highest BCUT2D eigenvalue weighted by atomic mass is 16.5. The Hall–Kier alpha value is -3.14. The van der Waals surface area contributed by atoms with Gasteiger partial charge >= 0.3 is 0 Å². The fourth-order valence-corrected chi connectivity index (χ4v) is 2.78. The lowest BCUT2D eigenvalue weighted by molar-refractivity contribution is 0.217. The van der Waals surface area contributed by atoms with Crippen LogP contribution < -0.4 is 19.5 Å². The molecule has 0 heterocycles. The van der Waals surface area contributed by atoms with Gasteiger partial charge in [-0.15, -0.1) is 0 Å². The third kappa shape index (κ3) is 7.07. The van der Waals surface area contributed by atoms with Crippen molar-refractivity contribution in [3.05, 3.63) is 84.4 Å². The summed E-state index contributed by atoms with van der Waals surface area (Å²) in [5.74, 6) is 2.59. The molecule has 3 rings (SSSR count). The molecule has 0 fully saturated rings. The van der Waals surface area contributed by atoms with E-state index < -0.39 is 0 Å². The Morgan fingerprint density at radius 1 is 0.759 bits per heavy atom. The Morgan fingerprint density at radius 2 is 1.45 bits per heavy atom. The van der Waals surface area contributed by atoms with E-state index in [4.69, 9.17) is 14.2 Å². The van der Waals surface area contributed by atoms with E-state index in [9.17, 15) is 0 Å². The van der Waals surface area contributed by atoms with E-state index in [0.29, 0.717) is 19.8 Å². The summed E-state index contributed by atoms with van der Waals surface area (Å²) in [6.45, 7) is 5.92. The largest absolute Gasteiger partial charge is 0.491 e. The topological polar surface area (TPSA) is 39.7 Å². The van der Waals surface area contributed by atoms with Crippen LogP contribution in [0, 0.1) is 0 Å². The highest BCUT2D eigenvalue weighted by Crippen LogP contribution is 2.21. The molecule has 0 amide bonds. The van der Waals surface area contributed by atoms with E-state index >= 15 is 0 Å². The summed E-state index contributed by atoms with van der Waals surface area (Å²) in [5, 5.41) is 3.45. The number of hydrogen-bond acceptors (Lipinski definition) is 4. The van der Waals surface area contributed by atoms with Crippen molar-refractivity contribution in [1.29, 1.82) is 0 Å². The molecule has 3 aromatic rings. The molecule has 0 radical (unpaired) electrons. The zero-order valence-electron chi connectivity index (χ0n) is 17.1. The number of hydrogen-bond donors (Lipinski definition) is 1. The molecule has 0 aliphatic rings. The van der Waals surface area contributed by atoms with Gasteiger partial charge in [-0.05, 0) is 55.3 Å². The van der Waals surface area contributed by atoms with E-state index in [1.54, 1.807) is 0 Å². The Balaban J connectivity index is 1.46. The van der Waals surface area contributed by atoms with Crippen molar-refractivity contribution in [3.63, 3.8) is 0 Å². The molecule has 0 aliphatic carbocycles. The first-order chi connectivity index (χ1) is 14.2. The maximum absolute atomic E-state index is 5.89. The van der Waals surface area contributed by atoms with E-state index in [1.807, 2.05) is 66.7 Å². The molecule has 3 aromatic carbocycles. The molecule has 0 saturated heterocycles. The molecule has 0 bridgehead atoms. The van der Waals surface area contributed by atoms with Crippen LogP contribution in [0.25, 0.3) is 0 Å². The smallest absolute Gasteiger partial charge is 0.122 e. The fourth-order valence-electron chi connectivity index (χ4n) is 2.78. The van der Waals surface area contributed by atoms with E-state index in [1.165, 1.54) is 0 Å². The van der Waals surface area contributed by atoms with Gasteiger partial charge < -0.3 is 19.5 Å². The van der Waals surface area contributed by atoms with Crippen molar-refractivity contribution < 1.29 is 14.2 Å². The molecule has 0 spiro atoms. The van der Waals surface area contributed by atoms with Gasteiger partial charge in [0.1, 0.15) is 30.5 Å². The normalized spacial score (nSPS) is 11.5. The van der Waals surface area contributed by atoms with Gasteiger partial charge in [-0.1, -0.05) is 43.3 Å². The van der Waals surface area contributed by atoms with Crippen molar-refractivity contribution in [1.82, 2.24) is 0 Å². The van der Waals surface area contributed by atoms with Crippen LogP contribution in [-0.2, 0) is 6.54 Å². The molecular formula is C25H29NO3. The summed E-state index contributed by atoms with van der Waals surface area (Å²) in [5.41, 5.74) is 2.19. The highest BCUT2D eigenvalue weighted by molar-refractivity contribution is 5.48. The summed E-state index contributed by atoms with van der Waals surface area (Å²) in [7, 11) is 0. The van der Waals surface area contributed by atoms with Gasteiger partial charge in [-0.25, -0.2) is 0 Å². The molecule has 1 atom stereocenters. The maximum Gasteiger partial charge on any atom is 0.122 e. The minimum absolute atomic E-state index is 0.213. The molecule has 29 heavy (non-hydrogen) atoms. The molecule has 152 valence electrons. The molecule has 1 unspecified atom stereocenters. The molecule has 4 heteroatoms. The van der Waals surface area contributed by atoms with Crippen molar-refractivity contribution >= 4 is 5.69 Å². The highest BCUT2D eigenvalue weighted by Gasteiger charge is 2.03. The zero-order chi connectivity index (χ0) is 20.3. The number of rotatable bonds is 11. The van der Waals surface area contributed by atoms with Gasteiger partial charge in [0.05, 0.1) is 6.10 Å². The summed E-state index contributed by atoms with van der Waals surface area (Å²) < 4.78 is 17.4. The first-order valence-corrected chi connectivity index (χ1v) is 10.1. The van der Waals surface area contributed by atoms with Crippen LogP contribution in [0.15, 0.2) is 78.9 Å². The quantitative estimate of drug-likeness (QED) is 0.411. The number of anilines is 1. The van der Waals surface area contributed by atoms with Crippen molar-refractivity contribution in [2.24, 2.45) is 0 Å². The van der Waals surface area contributed by atoms with Gasteiger partial charge in [0, 0.05) is 18.3 Å². The minimum Gasteiger partial charge on any atom is -0.491 e. The third-order valence-corrected chi connectivity index (χ3v) is 4.51. The van der Waals surface area contributed by atoms with Gasteiger partial charge in [0.15, 0.2) is 0 Å². The first-order valence-electron chi connectivity index (χ1n) is 10.1. The summed E-state index contributed by atoms with van der Waals surface area (Å²) in [6.07, 6.45) is 1.20. The van der Waals surface area contributed by atoms with Crippen molar-refractivity contribution in [3.8, 4) is 17.2 Å². The van der Waals surface area contributed by atoms with Gasteiger partial charge in [0.2, 0.25) is 0 Å². The fraction of sp³-hybridized carbons (Fsp3) is 0.280. The molecular weight excluding hydrogens is 362 g/mol. The predicted molar refractivity (Wildman–Crippen MR) is 118 cm³/mol. The number of para-hydroxylation sites is 1. The SMILES string of the molecule is CCC(C)Oc1cccc(NCc2cccc(OCCOc3ccccc3)c2)c1. The van der Waals surface area contributed by atoms with Crippen LogP contribution in [0.2, 0.25) is 0 Å². The minimum atomic E-state index is 0.213. The first kappa shape index (κ1) is 20.6. The van der Waals surface area contributed by atoms with Crippen molar-refractivity contribution in [2.75, 3.05) is 18.5 Å². The molecule has 0 aliphatic heterocycles. The Bertz CT molecular complexity index is 867. The Kier molecular flexibility index (Phi) is 7.81. The zero-order valence-corrected chi connectivity index (χ0v) is 17.1. The summed E-state index contributed by atoms with van der Waals surface area (Å²) in [6, 6.07) is 25.9. The second-order valence-corrected chi connectivity index (χ2v) is 6.88. The molecule has 0 aromatic heterocycles. The Morgan fingerprint density at radius 3 is 2.24 bits per heavy atom. The summed E-state index contributed by atoms with van der Waals surface area (Å²) in [4.78, 5) is 0. The van der Waals surface area contributed by atoms with Crippen LogP contribution in [0.5, 0.6) is 17.2 Å². The Labute approximate surface area is 173 Å². The predicted octanol–water partition coefficient (Wildman–Crippen LogP) is 5.93. The van der Waals surface area contributed by atoms with Crippen LogP contribution >= 0.6 is 0 Å². The third-order valence-electron chi connectivity index (χ3n) is 4.51. The standard InChI is InChI=1S/C25H29NO3/c1-3-20(2)29-25-14-8-10-22(18-25)26-19-21-9-7-13-24(17-21)28-16-15-27-23-11-5-4-6-12-23/h4-14,17-18,20,26H,3,15-16,19H2,1-2H3. The van der Waals surface area contributed by atoms with Gasteiger partial charge in [-0.3, -0.25) is 0 Å². The van der Waals surface area contributed by atoms with Gasteiger partial charge in [0.25, 0.3) is 0 Å². The lowest BCUT2D eigenvalue weighted by atomic mass is 10.2.